The molecule has 0 saturated heterocycles. The third kappa shape index (κ3) is 3.09. The van der Waals surface area contributed by atoms with E-state index in [1.165, 1.54) is 19.3 Å². The lowest BCUT2D eigenvalue weighted by atomic mass is 9.76. The van der Waals surface area contributed by atoms with Gasteiger partial charge < -0.3 is 10.2 Å². The average Bonchev–Trinajstić information content (AvgIpc) is 2.20. The van der Waals surface area contributed by atoms with Crippen molar-refractivity contribution in [3.05, 3.63) is 0 Å². The molecule has 1 rings (SSSR count). The van der Waals surface area contributed by atoms with Gasteiger partial charge in [0, 0.05) is 12.1 Å². The largest absolute Gasteiger partial charge is 0.355 e. The van der Waals surface area contributed by atoms with Gasteiger partial charge in [0.15, 0.2) is 0 Å². The van der Waals surface area contributed by atoms with E-state index in [-0.39, 0.29) is 5.54 Å². The number of rotatable bonds is 5. The number of likely N-dealkylation sites (N-methyl/N-ethyl adjacent to an activating group) is 1. The van der Waals surface area contributed by atoms with Gasteiger partial charge in [-0.2, -0.15) is 0 Å². The summed E-state index contributed by atoms with van der Waals surface area (Å²) in [4.78, 5) is 6.81. The topological polar surface area (TPSA) is 65.7 Å². The maximum absolute atomic E-state index is 5.42. The van der Waals surface area contributed by atoms with Gasteiger partial charge in [-0.1, -0.05) is 6.92 Å². The second kappa shape index (κ2) is 6.06. The maximum atomic E-state index is 5.42. The van der Waals surface area contributed by atoms with Gasteiger partial charge >= 0.3 is 0 Å². The van der Waals surface area contributed by atoms with Crippen molar-refractivity contribution in [2.24, 2.45) is 10.8 Å². The van der Waals surface area contributed by atoms with Crippen molar-refractivity contribution in [3.63, 3.8) is 0 Å². The molecule has 0 heterocycles. The van der Waals surface area contributed by atoms with Gasteiger partial charge in [0.1, 0.15) is 0 Å². The fraction of sp³-hybridized carbons (Fsp3) is 0.909. The first kappa shape index (κ1) is 13.3. The molecule has 0 unspecified atom stereocenters. The van der Waals surface area contributed by atoms with Gasteiger partial charge in [0.2, 0.25) is 5.96 Å². The van der Waals surface area contributed by atoms with Crippen LogP contribution >= 0.6 is 0 Å². The first-order valence-electron chi connectivity index (χ1n) is 6.07. The van der Waals surface area contributed by atoms with Crippen LogP contribution in [0.5, 0.6) is 0 Å². The lowest BCUT2D eigenvalue weighted by Gasteiger charge is -2.46. The highest BCUT2D eigenvalue weighted by Gasteiger charge is 2.38. The Morgan fingerprint density at radius 2 is 2.12 bits per heavy atom. The van der Waals surface area contributed by atoms with Crippen LogP contribution in [0.4, 0.5) is 0 Å². The van der Waals surface area contributed by atoms with E-state index in [9.17, 15) is 0 Å². The number of hydrogen-bond acceptors (Lipinski definition) is 3. The van der Waals surface area contributed by atoms with Crippen molar-refractivity contribution < 1.29 is 0 Å². The summed E-state index contributed by atoms with van der Waals surface area (Å²) in [7, 11) is 4.26. The second-order valence-electron chi connectivity index (χ2n) is 4.71. The quantitative estimate of drug-likeness (QED) is 0.273. The molecule has 0 spiro atoms. The standard InChI is InChI=1S/C11H25N5/c1-4-8-13-10(15-12)14-9-11(16(2)3)6-5-7-11/h4-9,12H2,1-3H3,(H2,13,14,15). The number of nitrogens with two attached hydrogens (primary N) is 1. The Bertz CT molecular complexity index is 233. The van der Waals surface area contributed by atoms with E-state index in [0.29, 0.717) is 5.96 Å². The number of guanidine groups is 1. The van der Waals surface area contributed by atoms with Gasteiger partial charge in [0.25, 0.3) is 0 Å². The summed E-state index contributed by atoms with van der Waals surface area (Å²) in [6, 6.07) is 0. The van der Waals surface area contributed by atoms with Crippen LogP contribution in [0.25, 0.3) is 0 Å². The van der Waals surface area contributed by atoms with Gasteiger partial charge in [-0.15, -0.1) is 0 Å². The highest BCUT2D eigenvalue weighted by atomic mass is 15.3. The second-order valence-corrected chi connectivity index (χ2v) is 4.71. The Hall–Kier alpha value is -0.810. The molecule has 0 aromatic heterocycles. The Morgan fingerprint density at radius 1 is 1.44 bits per heavy atom. The van der Waals surface area contributed by atoms with E-state index < -0.39 is 0 Å². The molecule has 0 aliphatic heterocycles. The lowest BCUT2D eigenvalue weighted by Crippen LogP contribution is -2.53. The highest BCUT2D eigenvalue weighted by molar-refractivity contribution is 5.79. The highest BCUT2D eigenvalue weighted by Crippen LogP contribution is 2.36. The van der Waals surface area contributed by atoms with E-state index in [0.717, 1.165) is 19.5 Å². The zero-order valence-electron chi connectivity index (χ0n) is 10.7. The number of aliphatic imine (C=N–C) groups is 1. The summed E-state index contributed by atoms with van der Waals surface area (Å²) in [6.45, 7) is 3.84. The summed E-state index contributed by atoms with van der Waals surface area (Å²) in [6.07, 6.45) is 4.84. The molecular weight excluding hydrogens is 202 g/mol. The van der Waals surface area contributed by atoms with Crippen LogP contribution in [0.2, 0.25) is 0 Å². The average molecular weight is 227 g/mol. The van der Waals surface area contributed by atoms with Crippen molar-refractivity contribution >= 4 is 5.96 Å². The molecule has 5 nitrogen and oxygen atoms in total. The molecule has 0 bridgehead atoms. The van der Waals surface area contributed by atoms with Gasteiger partial charge in [-0.25, -0.2) is 5.84 Å². The van der Waals surface area contributed by atoms with E-state index in [1.807, 2.05) is 0 Å². The fourth-order valence-corrected chi connectivity index (χ4v) is 1.95. The van der Waals surface area contributed by atoms with Crippen molar-refractivity contribution in [1.82, 2.24) is 15.6 Å². The first-order chi connectivity index (χ1) is 7.64. The molecule has 0 amide bonds. The molecule has 1 saturated carbocycles. The zero-order chi connectivity index (χ0) is 12.0. The molecule has 1 aliphatic rings. The Kier molecular flexibility index (Phi) is 5.02. The first-order valence-corrected chi connectivity index (χ1v) is 6.07. The minimum atomic E-state index is 0.260. The van der Waals surface area contributed by atoms with Crippen molar-refractivity contribution in [3.8, 4) is 0 Å². The van der Waals surface area contributed by atoms with Gasteiger partial charge in [0.05, 0.1) is 6.54 Å². The minimum Gasteiger partial charge on any atom is -0.355 e. The molecule has 0 radical (unpaired) electrons. The molecule has 0 aromatic rings. The molecular formula is C11H25N5. The third-order valence-electron chi connectivity index (χ3n) is 3.44. The Morgan fingerprint density at radius 3 is 2.50 bits per heavy atom. The zero-order valence-corrected chi connectivity index (χ0v) is 10.7. The predicted molar refractivity (Wildman–Crippen MR) is 68.2 cm³/mol. The van der Waals surface area contributed by atoms with Gasteiger partial charge in [-0.3, -0.25) is 10.4 Å². The normalized spacial score (nSPS) is 19.4. The Labute approximate surface area is 98.4 Å². The van der Waals surface area contributed by atoms with Crippen LogP contribution in [0, 0.1) is 0 Å². The Balaban J connectivity index is 2.48. The van der Waals surface area contributed by atoms with E-state index in [2.05, 4.69) is 41.7 Å². The van der Waals surface area contributed by atoms with Crippen molar-refractivity contribution in [1.29, 1.82) is 0 Å². The van der Waals surface area contributed by atoms with E-state index >= 15 is 0 Å². The summed E-state index contributed by atoms with van der Waals surface area (Å²) in [5, 5.41) is 3.17. The van der Waals surface area contributed by atoms with Crippen LogP contribution < -0.4 is 16.6 Å². The summed E-state index contributed by atoms with van der Waals surface area (Å²) >= 11 is 0. The number of nitrogens with zero attached hydrogens (tertiary/aromatic N) is 2. The molecule has 0 aromatic carbocycles. The van der Waals surface area contributed by atoms with Crippen LogP contribution in [0.3, 0.4) is 0 Å². The van der Waals surface area contributed by atoms with Crippen LogP contribution in [-0.2, 0) is 0 Å². The SMILES string of the molecule is CCCNC(=NCC1(N(C)C)CCC1)NN. The van der Waals surface area contributed by atoms with E-state index in [4.69, 9.17) is 5.84 Å². The summed E-state index contributed by atoms with van der Waals surface area (Å²) in [5.41, 5.74) is 2.88. The van der Waals surface area contributed by atoms with Crippen molar-refractivity contribution in [2.75, 3.05) is 27.2 Å². The number of hydrogen-bond donors (Lipinski definition) is 3. The fourth-order valence-electron chi connectivity index (χ4n) is 1.95. The molecule has 0 atom stereocenters. The molecule has 4 N–H and O–H groups in total. The summed E-state index contributed by atoms with van der Waals surface area (Å²) < 4.78 is 0. The smallest absolute Gasteiger partial charge is 0.205 e. The number of nitrogens with one attached hydrogen (secondary N) is 2. The van der Waals surface area contributed by atoms with Crippen LogP contribution in [0.1, 0.15) is 32.6 Å². The molecule has 5 heteroatoms. The minimum absolute atomic E-state index is 0.260. The third-order valence-corrected chi connectivity index (χ3v) is 3.44. The monoisotopic (exact) mass is 227 g/mol. The predicted octanol–water partition coefficient (Wildman–Crippen LogP) is 0.290. The summed E-state index contributed by atoms with van der Waals surface area (Å²) in [5.74, 6) is 6.13. The maximum Gasteiger partial charge on any atom is 0.205 e. The van der Waals surface area contributed by atoms with Gasteiger partial charge in [-0.05, 0) is 39.8 Å². The van der Waals surface area contributed by atoms with Crippen LogP contribution in [0.15, 0.2) is 4.99 Å². The van der Waals surface area contributed by atoms with Crippen molar-refractivity contribution in [2.45, 2.75) is 38.1 Å². The van der Waals surface area contributed by atoms with Crippen LogP contribution in [-0.4, -0.2) is 43.6 Å². The lowest BCUT2D eigenvalue weighted by molar-refractivity contribution is 0.0699. The molecule has 1 fully saturated rings. The molecule has 16 heavy (non-hydrogen) atoms. The molecule has 94 valence electrons. The van der Waals surface area contributed by atoms with E-state index in [1.54, 1.807) is 0 Å². The molecule has 1 aliphatic carbocycles. The number of hydrazine groups is 1.